The van der Waals surface area contributed by atoms with Gasteiger partial charge in [-0.3, -0.25) is 4.79 Å². The molecule has 1 unspecified atom stereocenters. The van der Waals surface area contributed by atoms with Crippen LogP contribution in [0.4, 0.5) is 4.79 Å². The number of carbonyl (C=O) groups is 2. The summed E-state index contributed by atoms with van der Waals surface area (Å²) >= 11 is 0. The second kappa shape index (κ2) is 13.1. The highest BCUT2D eigenvalue weighted by Crippen LogP contribution is 2.57. The maximum atomic E-state index is 14.4. The minimum Gasteiger partial charge on any atom is -0.487 e. The Balaban J connectivity index is 2.13. The van der Waals surface area contributed by atoms with E-state index in [1.807, 2.05) is 6.07 Å². The van der Waals surface area contributed by atoms with Gasteiger partial charge in [0.05, 0.1) is 12.2 Å². The van der Waals surface area contributed by atoms with E-state index in [1.54, 1.807) is 27.7 Å². The minimum absolute atomic E-state index is 0.0370. The van der Waals surface area contributed by atoms with Crippen molar-refractivity contribution in [2.45, 2.75) is 131 Å². The zero-order valence-electron chi connectivity index (χ0n) is 25.7. The zero-order chi connectivity index (χ0) is 29.8. The Bertz CT molecular complexity index is 1160. The van der Waals surface area contributed by atoms with E-state index in [1.165, 1.54) is 12.5 Å². The number of carbonyl (C=O) groups excluding carboxylic acids is 2. The molecule has 9 heteroatoms. The van der Waals surface area contributed by atoms with E-state index in [9.17, 15) is 14.2 Å². The Morgan fingerprint density at radius 1 is 1.10 bits per heavy atom. The predicted octanol–water partition coefficient (Wildman–Crippen LogP) is 8.08. The van der Waals surface area contributed by atoms with E-state index in [0.717, 1.165) is 49.7 Å². The van der Waals surface area contributed by atoms with Crippen LogP contribution in [0.25, 0.3) is 0 Å². The third-order valence-corrected chi connectivity index (χ3v) is 9.22. The molecule has 1 aliphatic heterocycles. The SMILES string of the molecule is CCCCCc1cc2c(c(OP(=O)(N[C@@H](C)C(=O)OC(C)C)C(=O)OC(C)C)c1)[C@@H]1C=C(C)CC[C@H]1C(C)(C)O2. The van der Waals surface area contributed by atoms with Crippen LogP contribution in [-0.2, 0) is 25.3 Å². The molecule has 0 spiro atoms. The van der Waals surface area contributed by atoms with Crippen molar-refractivity contribution in [3.8, 4) is 11.5 Å². The average molecular weight is 578 g/mol. The summed E-state index contributed by atoms with van der Waals surface area (Å²) < 4.78 is 37.9. The highest BCUT2D eigenvalue weighted by atomic mass is 31.2. The molecule has 1 aromatic carbocycles. The van der Waals surface area contributed by atoms with Gasteiger partial charge >= 0.3 is 19.2 Å². The lowest BCUT2D eigenvalue weighted by atomic mass is 9.68. The number of unbranched alkanes of at least 4 members (excludes halogenated alkanes) is 2. The Kier molecular flexibility index (Phi) is 10.6. The highest BCUT2D eigenvalue weighted by Gasteiger charge is 2.47. The van der Waals surface area contributed by atoms with Crippen LogP contribution in [0.5, 0.6) is 11.5 Å². The molecule has 3 rings (SSSR count). The first-order valence-electron chi connectivity index (χ1n) is 14.7. The fourth-order valence-corrected chi connectivity index (χ4v) is 7.15. The molecule has 1 aromatic rings. The summed E-state index contributed by atoms with van der Waals surface area (Å²) in [5, 5.41) is 2.66. The van der Waals surface area contributed by atoms with Crippen molar-refractivity contribution in [3.63, 3.8) is 0 Å². The van der Waals surface area contributed by atoms with Crippen molar-refractivity contribution in [1.29, 1.82) is 0 Å². The van der Waals surface area contributed by atoms with Crippen molar-refractivity contribution < 1.29 is 32.9 Å². The van der Waals surface area contributed by atoms with Gasteiger partial charge < -0.3 is 18.7 Å². The van der Waals surface area contributed by atoms with Gasteiger partial charge in [0.1, 0.15) is 23.1 Å². The molecular formula is C31H48NO7P. The molecular weight excluding hydrogens is 529 g/mol. The summed E-state index contributed by atoms with van der Waals surface area (Å²) in [5.41, 5.74) is 1.57. The molecule has 8 nitrogen and oxygen atoms in total. The van der Waals surface area contributed by atoms with E-state index in [0.29, 0.717) is 11.5 Å². The molecule has 0 bridgehead atoms. The summed E-state index contributed by atoms with van der Waals surface area (Å²) in [4.78, 5) is 25.9. The van der Waals surface area contributed by atoms with E-state index >= 15 is 0 Å². The first-order chi connectivity index (χ1) is 18.7. The number of benzene rings is 1. The molecule has 0 saturated heterocycles. The second-order valence-corrected chi connectivity index (χ2v) is 14.2. The lowest BCUT2D eigenvalue weighted by molar-refractivity contribution is -0.149. The largest absolute Gasteiger partial charge is 0.487 e. The van der Waals surface area contributed by atoms with Gasteiger partial charge in [0.15, 0.2) is 0 Å². The lowest BCUT2D eigenvalue weighted by Crippen LogP contribution is -2.45. The molecule has 2 aliphatic rings. The summed E-state index contributed by atoms with van der Waals surface area (Å²) in [7, 11) is -4.42. The van der Waals surface area contributed by atoms with Gasteiger partial charge in [-0.05, 0) is 98.8 Å². The molecule has 0 fully saturated rings. The monoisotopic (exact) mass is 577 g/mol. The van der Waals surface area contributed by atoms with Crippen molar-refractivity contribution in [3.05, 3.63) is 34.9 Å². The van der Waals surface area contributed by atoms with Crippen LogP contribution in [0.15, 0.2) is 23.8 Å². The number of rotatable bonds is 12. The number of ether oxygens (including phenoxy) is 3. The van der Waals surface area contributed by atoms with Crippen LogP contribution in [0.3, 0.4) is 0 Å². The smallest absolute Gasteiger partial charge is 0.424 e. The number of aryl methyl sites for hydroxylation is 1. The highest BCUT2D eigenvalue weighted by molar-refractivity contribution is 7.74. The van der Waals surface area contributed by atoms with Gasteiger partial charge in [0.25, 0.3) is 0 Å². The standard InChI is InChI=1S/C31H48NO7P/c1-10-11-12-13-23-17-26-28(24-16-21(6)14-15-25(24)31(8,9)38-26)27(18-23)39-40(35,30(34)37-20(4)5)32-22(7)29(33)36-19(2)3/h16-20,22,24-25H,10-15H2,1-9H3,(H,32,35)/t22-,24+,25+,40?/m0/s1. The number of nitrogens with one attached hydrogen (secondary N) is 1. The topological polar surface area (TPSA) is 100 Å². The molecule has 1 N–H and O–H groups in total. The van der Waals surface area contributed by atoms with Gasteiger partial charge in [0, 0.05) is 17.4 Å². The molecule has 40 heavy (non-hydrogen) atoms. The predicted molar refractivity (Wildman–Crippen MR) is 157 cm³/mol. The van der Waals surface area contributed by atoms with Crippen molar-refractivity contribution in [1.82, 2.24) is 5.09 Å². The molecule has 0 aromatic heterocycles. The molecule has 0 radical (unpaired) electrons. The van der Waals surface area contributed by atoms with Gasteiger partial charge in [-0.2, -0.15) is 0 Å². The molecule has 1 aliphatic carbocycles. The quantitative estimate of drug-likeness (QED) is 0.115. The number of hydrogen-bond acceptors (Lipinski definition) is 7. The van der Waals surface area contributed by atoms with E-state index in [4.69, 9.17) is 18.7 Å². The molecule has 4 atom stereocenters. The number of allylic oxidation sites excluding steroid dienone is 2. The summed E-state index contributed by atoms with van der Waals surface area (Å²) in [6.07, 6.45) is 7.18. The first kappa shape index (κ1) is 32.2. The Morgan fingerprint density at radius 2 is 1.77 bits per heavy atom. The van der Waals surface area contributed by atoms with Crippen LogP contribution < -0.4 is 14.3 Å². The van der Waals surface area contributed by atoms with Gasteiger partial charge in [-0.15, -0.1) is 0 Å². The normalized spacial score (nSPS) is 21.8. The summed E-state index contributed by atoms with van der Waals surface area (Å²) in [6.45, 7) is 16.8. The maximum Gasteiger partial charge on any atom is 0.424 e. The molecule has 224 valence electrons. The van der Waals surface area contributed by atoms with E-state index in [2.05, 4.69) is 44.9 Å². The van der Waals surface area contributed by atoms with Gasteiger partial charge in [-0.1, -0.05) is 31.4 Å². The summed E-state index contributed by atoms with van der Waals surface area (Å²) in [6, 6.07) is 2.86. The van der Waals surface area contributed by atoms with Crippen LogP contribution in [0.1, 0.15) is 111 Å². The number of fused-ring (bicyclic) bond motifs is 3. The molecule has 0 amide bonds. The van der Waals surface area contributed by atoms with Crippen molar-refractivity contribution >= 4 is 19.2 Å². The summed E-state index contributed by atoms with van der Waals surface area (Å²) in [5.74, 6) is 0.498. The number of esters is 1. The average Bonchev–Trinajstić information content (AvgIpc) is 2.82. The van der Waals surface area contributed by atoms with Gasteiger partial charge in [-0.25, -0.2) is 14.4 Å². The first-order valence-corrected chi connectivity index (χ1v) is 16.3. The fraction of sp³-hybridized carbons (Fsp3) is 0.677. The van der Waals surface area contributed by atoms with Gasteiger partial charge in [0.2, 0.25) is 0 Å². The Morgan fingerprint density at radius 3 is 2.40 bits per heavy atom. The van der Waals surface area contributed by atoms with Crippen LogP contribution >= 0.6 is 7.52 Å². The molecule has 0 saturated carbocycles. The van der Waals surface area contributed by atoms with Crippen molar-refractivity contribution in [2.75, 3.05) is 0 Å². The number of hydrogen-bond donors (Lipinski definition) is 1. The maximum absolute atomic E-state index is 14.4. The third kappa shape index (κ3) is 7.70. The van der Waals surface area contributed by atoms with Crippen LogP contribution in [0, 0.1) is 5.92 Å². The van der Waals surface area contributed by atoms with E-state index in [-0.39, 0.29) is 17.9 Å². The Hall–Kier alpha value is -2.31. The van der Waals surface area contributed by atoms with Crippen LogP contribution in [0.2, 0.25) is 0 Å². The van der Waals surface area contributed by atoms with Crippen molar-refractivity contribution in [2.24, 2.45) is 5.92 Å². The van der Waals surface area contributed by atoms with Crippen LogP contribution in [-0.4, -0.2) is 35.5 Å². The zero-order valence-corrected chi connectivity index (χ0v) is 26.6. The second-order valence-electron chi connectivity index (χ2n) is 12.3. The minimum atomic E-state index is -4.42. The van der Waals surface area contributed by atoms with E-state index < -0.39 is 36.9 Å². The fourth-order valence-electron chi connectivity index (χ4n) is 5.53. The molecule has 1 heterocycles. The Labute approximate surface area is 240 Å². The third-order valence-electron chi connectivity index (χ3n) is 7.45. The lowest BCUT2D eigenvalue weighted by Gasteiger charge is -2.47.